The fourth-order valence-electron chi connectivity index (χ4n) is 3.85. The number of nitrogens with zero attached hydrogens (tertiary/aromatic N) is 2. The fourth-order valence-corrected chi connectivity index (χ4v) is 4.26. The summed E-state index contributed by atoms with van der Waals surface area (Å²) in [4.78, 5) is 25.9. The topological polar surface area (TPSA) is 82.8 Å². The van der Waals surface area contributed by atoms with Crippen LogP contribution in [0.15, 0.2) is 17.1 Å². The molecule has 2 fully saturated rings. The summed E-state index contributed by atoms with van der Waals surface area (Å²) in [6, 6.07) is 1.18. The van der Waals surface area contributed by atoms with Crippen LogP contribution in [-0.4, -0.2) is 40.4 Å². The minimum absolute atomic E-state index is 0.00158. The molecule has 2 aliphatic rings. The number of aliphatic hydroxyl groups is 1. The zero-order valence-electron chi connectivity index (χ0n) is 14.6. The summed E-state index contributed by atoms with van der Waals surface area (Å²) >= 11 is 6.59. The van der Waals surface area contributed by atoms with Crippen molar-refractivity contribution in [1.29, 1.82) is 0 Å². The van der Waals surface area contributed by atoms with E-state index < -0.39 is 17.2 Å². The number of aromatic nitrogens is 1. The Morgan fingerprint density at radius 3 is 2.48 bits per heavy atom. The summed E-state index contributed by atoms with van der Waals surface area (Å²) in [5, 5.41) is 18.8. The van der Waals surface area contributed by atoms with Crippen LogP contribution in [0.4, 0.5) is 10.1 Å². The van der Waals surface area contributed by atoms with E-state index in [9.17, 15) is 24.2 Å². The molecule has 0 unspecified atom stereocenters. The highest BCUT2D eigenvalue weighted by Crippen LogP contribution is 2.42. The van der Waals surface area contributed by atoms with Crippen LogP contribution in [0.2, 0.25) is 5.02 Å². The number of aliphatic hydroxyl groups excluding tert-OH is 1. The van der Waals surface area contributed by atoms with E-state index in [1.165, 1.54) is 6.20 Å². The largest absolute Gasteiger partial charge is 0.477 e. The molecule has 1 aromatic carbocycles. The van der Waals surface area contributed by atoms with Gasteiger partial charge in [-0.15, -0.1) is 0 Å². The lowest BCUT2D eigenvalue weighted by atomic mass is 9.97. The summed E-state index contributed by atoms with van der Waals surface area (Å²) < 4.78 is 16.6. The lowest BCUT2D eigenvalue weighted by Crippen LogP contribution is -2.35. The normalized spacial score (nSPS) is 18.3. The highest BCUT2D eigenvalue weighted by atomic mass is 35.5. The summed E-state index contributed by atoms with van der Waals surface area (Å²) in [5.74, 6) is -1.76. The molecule has 0 radical (unpaired) electrons. The summed E-state index contributed by atoms with van der Waals surface area (Å²) in [6.07, 6.45) is 4.52. The molecule has 0 spiro atoms. The fraction of sp³-hybridized carbons (Fsp3) is 0.474. The molecule has 1 aromatic heterocycles. The van der Waals surface area contributed by atoms with Gasteiger partial charge in [0.25, 0.3) is 0 Å². The summed E-state index contributed by atoms with van der Waals surface area (Å²) in [6.45, 7) is 1.24. The van der Waals surface area contributed by atoms with Gasteiger partial charge >= 0.3 is 5.97 Å². The van der Waals surface area contributed by atoms with Gasteiger partial charge in [0.2, 0.25) is 5.43 Å². The molecule has 1 saturated heterocycles. The van der Waals surface area contributed by atoms with Gasteiger partial charge in [0.05, 0.1) is 21.6 Å². The number of piperidine rings is 1. The minimum atomic E-state index is -1.33. The number of halogens is 2. The van der Waals surface area contributed by atoms with Gasteiger partial charge in [0.15, 0.2) is 0 Å². The van der Waals surface area contributed by atoms with E-state index in [1.807, 2.05) is 4.90 Å². The predicted molar refractivity (Wildman–Crippen MR) is 100 cm³/mol. The Labute approximate surface area is 159 Å². The molecular formula is C19H20ClFN2O4. The number of hydrogen-bond acceptors (Lipinski definition) is 4. The Kier molecular flexibility index (Phi) is 4.60. The van der Waals surface area contributed by atoms with Crippen LogP contribution in [0.25, 0.3) is 10.9 Å². The highest BCUT2D eigenvalue weighted by molar-refractivity contribution is 6.38. The van der Waals surface area contributed by atoms with Gasteiger partial charge in [-0.05, 0) is 37.7 Å². The molecule has 2 aromatic rings. The van der Waals surface area contributed by atoms with Crippen LogP contribution in [-0.2, 0) is 0 Å². The maximum absolute atomic E-state index is 14.9. The second-order valence-corrected chi connectivity index (χ2v) is 7.72. The first kappa shape index (κ1) is 18.3. The second kappa shape index (κ2) is 6.80. The SMILES string of the molecule is O=C(O)c1cn(C2CC2)c2c(Cl)c(N3CCC(CO)CC3)c(F)cc2c1=O. The Morgan fingerprint density at radius 2 is 1.93 bits per heavy atom. The number of fused-ring (bicyclic) bond motifs is 1. The molecule has 4 rings (SSSR count). The molecule has 1 aliphatic carbocycles. The van der Waals surface area contributed by atoms with E-state index in [-0.39, 0.29) is 40.2 Å². The molecule has 0 bridgehead atoms. The molecule has 2 heterocycles. The van der Waals surface area contributed by atoms with E-state index in [0.717, 1.165) is 31.7 Å². The number of carboxylic acids is 1. The zero-order chi connectivity index (χ0) is 19.3. The number of carboxylic acid groups (broad SMARTS) is 1. The third kappa shape index (κ3) is 3.08. The Morgan fingerprint density at radius 1 is 1.26 bits per heavy atom. The first-order chi connectivity index (χ1) is 12.9. The predicted octanol–water partition coefficient (Wildman–Crippen LogP) is 3.04. The number of aromatic carboxylic acids is 1. The second-order valence-electron chi connectivity index (χ2n) is 7.35. The van der Waals surface area contributed by atoms with E-state index in [2.05, 4.69) is 0 Å². The molecule has 0 amide bonds. The molecule has 1 aliphatic heterocycles. The minimum Gasteiger partial charge on any atom is -0.477 e. The van der Waals surface area contributed by atoms with Gasteiger partial charge in [-0.3, -0.25) is 4.79 Å². The number of hydrogen-bond donors (Lipinski definition) is 2. The number of anilines is 1. The van der Waals surface area contributed by atoms with Crippen molar-refractivity contribution in [2.75, 3.05) is 24.6 Å². The van der Waals surface area contributed by atoms with Crippen molar-refractivity contribution >= 4 is 34.2 Å². The van der Waals surface area contributed by atoms with Crippen molar-refractivity contribution in [2.45, 2.75) is 31.7 Å². The van der Waals surface area contributed by atoms with Crippen molar-refractivity contribution in [1.82, 2.24) is 4.57 Å². The van der Waals surface area contributed by atoms with Crippen molar-refractivity contribution in [3.8, 4) is 0 Å². The van der Waals surface area contributed by atoms with E-state index >= 15 is 0 Å². The van der Waals surface area contributed by atoms with Crippen LogP contribution < -0.4 is 10.3 Å². The van der Waals surface area contributed by atoms with Gasteiger partial charge in [-0.2, -0.15) is 0 Å². The average molecular weight is 395 g/mol. The van der Waals surface area contributed by atoms with Crippen LogP contribution >= 0.6 is 11.6 Å². The number of pyridine rings is 1. The van der Waals surface area contributed by atoms with Gasteiger partial charge in [0, 0.05) is 31.9 Å². The van der Waals surface area contributed by atoms with Gasteiger partial charge in [-0.25, -0.2) is 9.18 Å². The molecule has 6 nitrogen and oxygen atoms in total. The van der Waals surface area contributed by atoms with Crippen LogP contribution in [0.3, 0.4) is 0 Å². The third-order valence-corrected chi connectivity index (χ3v) is 5.90. The standard InChI is InChI=1S/C19H20ClFN2O4/c20-15-16-12(18(25)13(19(26)27)8-23(16)11-1-2-11)7-14(21)17(15)22-5-3-10(9-24)4-6-22/h7-8,10-11,24H,1-6,9H2,(H,26,27). The third-order valence-electron chi connectivity index (χ3n) is 5.54. The number of benzene rings is 1. The summed E-state index contributed by atoms with van der Waals surface area (Å²) in [7, 11) is 0. The highest BCUT2D eigenvalue weighted by Gasteiger charge is 2.31. The average Bonchev–Trinajstić information content (AvgIpc) is 3.48. The Balaban J connectivity index is 1.91. The van der Waals surface area contributed by atoms with Crippen molar-refractivity contribution in [2.24, 2.45) is 5.92 Å². The lowest BCUT2D eigenvalue weighted by molar-refractivity contribution is 0.0695. The molecular weight excluding hydrogens is 375 g/mol. The number of carbonyl (C=O) groups is 1. The lowest BCUT2D eigenvalue weighted by Gasteiger charge is -2.34. The maximum atomic E-state index is 14.9. The quantitative estimate of drug-likeness (QED) is 0.832. The van der Waals surface area contributed by atoms with Crippen molar-refractivity contribution < 1.29 is 19.4 Å². The van der Waals surface area contributed by atoms with Crippen LogP contribution in [0.1, 0.15) is 42.1 Å². The first-order valence-corrected chi connectivity index (χ1v) is 9.46. The molecule has 2 N–H and O–H groups in total. The van der Waals surface area contributed by atoms with Crippen molar-refractivity contribution in [3.63, 3.8) is 0 Å². The summed E-state index contributed by atoms with van der Waals surface area (Å²) in [5.41, 5.74) is -0.450. The van der Waals surface area contributed by atoms with Crippen LogP contribution in [0, 0.1) is 11.7 Å². The zero-order valence-corrected chi connectivity index (χ0v) is 15.4. The first-order valence-electron chi connectivity index (χ1n) is 9.08. The molecule has 1 saturated carbocycles. The van der Waals surface area contributed by atoms with E-state index in [0.29, 0.717) is 18.6 Å². The molecule has 27 heavy (non-hydrogen) atoms. The smallest absolute Gasteiger partial charge is 0.341 e. The van der Waals surface area contributed by atoms with Crippen LogP contribution in [0.5, 0.6) is 0 Å². The number of rotatable bonds is 4. The monoisotopic (exact) mass is 394 g/mol. The van der Waals surface area contributed by atoms with Gasteiger partial charge < -0.3 is 19.7 Å². The maximum Gasteiger partial charge on any atom is 0.341 e. The van der Waals surface area contributed by atoms with E-state index in [1.54, 1.807) is 4.57 Å². The van der Waals surface area contributed by atoms with E-state index in [4.69, 9.17) is 11.6 Å². The Bertz CT molecular complexity index is 978. The molecule has 0 atom stereocenters. The molecule has 8 heteroatoms. The molecule has 144 valence electrons. The van der Waals surface area contributed by atoms with Gasteiger partial charge in [-0.1, -0.05) is 11.6 Å². The van der Waals surface area contributed by atoms with Gasteiger partial charge in [0.1, 0.15) is 11.4 Å². The van der Waals surface area contributed by atoms with Crippen molar-refractivity contribution in [3.05, 3.63) is 38.9 Å². The Hall–Kier alpha value is -2.12.